The first kappa shape index (κ1) is 14.2. The van der Waals surface area contributed by atoms with Crippen LogP contribution in [0.2, 0.25) is 0 Å². The van der Waals surface area contributed by atoms with Gasteiger partial charge >= 0.3 is 0 Å². The van der Waals surface area contributed by atoms with Crippen LogP contribution in [0.25, 0.3) is 16.9 Å². The molecule has 2 N–H and O–H groups in total. The average Bonchev–Trinajstić information content (AvgIpc) is 3.25. The minimum atomic E-state index is 0.343. The topological polar surface area (TPSA) is 96.1 Å². The van der Waals surface area contributed by atoms with Gasteiger partial charge in [0.25, 0.3) is 0 Å². The zero-order valence-corrected chi connectivity index (χ0v) is 13.0. The number of aromatic nitrogens is 6. The highest BCUT2D eigenvalue weighted by Crippen LogP contribution is 2.20. The lowest BCUT2D eigenvalue weighted by molar-refractivity contribution is 0.414. The molecule has 8 nitrogen and oxygen atoms in total. The molecule has 4 aromatic rings. The van der Waals surface area contributed by atoms with E-state index < -0.39 is 0 Å². The van der Waals surface area contributed by atoms with Gasteiger partial charge in [-0.05, 0) is 17.7 Å². The van der Waals surface area contributed by atoms with Crippen molar-refractivity contribution in [3.8, 4) is 17.0 Å². The molecule has 0 fully saturated rings. The summed E-state index contributed by atoms with van der Waals surface area (Å²) in [5.74, 6) is 1.18. The summed E-state index contributed by atoms with van der Waals surface area (Å²) < 4.78 is 8.65. The Bertz CT molecular complexity index is 987. The molecule has 0 saturated heterocycles. The van der Waals surface area contributed by atoms with Crippen LogP contribution in [0.1, 0.15) is 5.56 Å². The second-order valence-electron chi connectivity index (χ2n) is 5.33. The Labute approximate surface area is 137 Å². The van der Waals surface area contributed by atoms with Gasteiger partial charge in [-0.15, -0.1) is 10.2 Å². The van der Waals surface area contributed by atoms with E-state index in [2.05, 4.69) is 20.3 Å². The largest absolute Gasteiger partial charge is 0.497 e. The predicted molar refractivity (Wildman–Crippen MR) is 88.5 cm³/mol. The number of nitrogens with zero attached hydrogens (tertiary/aromatic N) is 6. The van der Waals surface area contributed by atoms with E-state index in [4.69, 9.17) is 10.5 Å². The second-order valence-corrected chi connectivity index (χ2v) is 5.33. The molecule has 0 atom stereocenters. The summed E-state index contributed by atoms with van der Waals surface area (Å²) in [6, 6.07) is 9.72. The van der Waals surface area contributed by atoms with Gasteiger partial charge in [0.2, 0.25) is 5.95 Å². The molecule has 3 aromatic heterocycles. The van der Waals surface area contributed by atoms with Gasteiger partial charge in [-0.2, -0.15) is 5.10 Å². The van der Waals surface area contributed by atoms with E-state index in [-0.39, 0.29) is 0 Å². The van der Waals surface area contributed by atoms with Crippen molar-refractivity contribution in [3.63, 3.8) is 0 Å². The number of methoxy groups -OCH3 is 1. The third-order valence-electron chi connectivity index (χ3n) is 3.75. The molecule has 0 unspecified atom stereocenters. The Morgan fingerprint density at radius 1 is 1.21 bits per heavy atom. The van der Waals surface area contributed by atoms with Gasteiger partial charge in [-0.1, -0.05) is 12.1 Å². The molecule has 4 rings (SSSR count). The monoisotopic (exact) mass is 321 g/mol. The number of rotatable bonds is 4. The summed E-state index contributed by atoms with van der Waals surface area (Å²) >= 11 is 0. The molecular formula is C16H15N7O. The zero-order chi connectivity index (χ0) is 16.5. The van der Waals surface area contributed by atoms with Gasteiger partial charge in [0.05, 0.1) is 25.5 Å². The van der Waals surface area contributed by atoms with Gasteiger partial charge in [0.1, 0.15) is 12.1 Å². The number of benzene rings is 1. The van der Waals surface area contributed by atoms with Crippen molar-refractivity contribution >= 4 is 11.6 Å². The van der Waals surface area contributed by atoms with Crippen molar-refractivity contribution < 1.29 is 4.74 Å². The Hall–Kier alpha value is -3.42. The molecular weight excluding hydrogens is 306 g/mol. The molecule has 24 heavy (non-hydrogen) atoms. The molecule has 8 heteroatoms. The van der Waals surface area contributed by atoms with Gasteiger partial charge in [-0.25, -0.2) is 4.98 Å². The molecule has 0 aliphatic carbocycles. The van der Waals surface area contributed by atoms with Crippen molar-refractivity contribution in [2.45, 2.75) is 6.54 Å². The molecule has 0 amide bonds. The van der Waals surface area contributed by atoms with E-state index in [1.807, 2.05) is 41.2 Å². The van der Waals surface area contributed by atoms with E-state index in [0.29, 0.717) is 23.8 Å². The van der Waals surface area contributed by atoms with Gasteiger partial charge in [0.15, 0.2) is 5.65 Å². The summed E-state index contributed by atoms with van der Waals surface area (Å²) in [6.45, 7) is 0.659. The number of anilines is 1. The number of ether oxygens (including phenoxy) is 1. The Balaban J connectivity index is 1.61. The molecule has 0 saturated carbocycles. The van der Waals surface area contributed by atoms with Crippen LogP contribution in [-0.2, 0) is 6.54 Å². The van der Waals surface area contributed by atoms with Crippen LogP contribution in [0, 0.1) is 0 Å². The Morgan fingerprint density at radius 2 is 2.04 bits per heavy atom. The first-order valence-electron chi connectivity index (χ1n) is 7.35. The van der Waals surface area contributed by atoms with Crippen LogP contribution in [0.5, 0.6) is 5.75 Å². The van der Waals surface area contributed by atoms with E-state index in [1.54, 1.807) is 17.7 Å². The fraction of sp³-hybridized carbons (Fsp3) is 0.125. The lowest BCUT2D eigenvalue weighted by Gasteiger charge is -2.04. The predicted octanol–water partition coefficient (Wildman–Crippen LogP) is 1.63. The fourth-order valence-electron chi connectivity index (χ4n) is 2.50. The normalized spacial score (nSPS) is 11.0. The van der Waals surface area contributed by atoms with Crippen LogP contribution in [-0.4, -0.2) is 36.5 Å². The summed E-state index contributed by atoms with van der Waals surface area (Å²) in [5.41, 5.74) is 9.31. The highest BCUT2D eigenvalue weighted by atomic mass is 16.5. The molecule has 0 aliphatic heterocycles. The molecule has 0 aliphatic rings. The zero-order valence-electron chi connectivity index (χ0n) is 13.0. The van der Waals surface area contributed by atoms with E-state index in [1.165, 1.54) is 6.33 Å². The fourth-order valence-corrected chi connectivity index (χ4v) is 2.50. The van der Waals surface area contributed by atoms with Crippen molar-refractivity contribution in [2.75, 3.05) is 12.8 Å². The number of fused-ring (bicyclic) bond motifs is 1. The number of nitrogens with two attached hydrogens (primary N) is 1. The standard InChI is InChI=1S/C16H15N7O/c1-24-13-4-2-11(3-5-13)8-22-9-12(7-19-22)14-6-15-21-18-10-23(15)16(17)20-14/h2-7,9-10H,8H2,1H3,(H2,17,20). The molecule has 0 bridgehead atoms. The van der Waals surface area contributed by atoms with Gasteiger partial charge < -0.3 is 10.5 Å². The average molecular weight is 321 g/mol. The smallest absolute Gasteiger partial charge is 0.207 e. The highest BCUT2D eigenvalue weighted by molar-refractivity contribution is 5.64. The quantitative estimate of drug-likeness (QED) is 0.613. The maximum Gasteiger partial charge on any atom is 0.207 e. The number of hydrogen-bond acceptors (Lipinski definition) is 6. The van der Waals surface area contributed by atoms with Crippen molar-refractivity contribution in [2.24, 2.45) is 0 Å². The van der Waals surface area contributed by atoms with Crippen LogP contribution < -0.4 is 10.5 Å². The molecule has 0 radical (unpaired) electrons. The van der Waals surface area contributed by atoms with Crippen molar-refractivity contribution in [3.05, 3.63) is 54.6 Å². The van der Waals surface area contributed by atoms with E-state index in [0.717, 1.165) is 16.9 Å². The third kappa shape index (κ3) is 2.54. The molecule has 0 spiro atoms. The van der Waals surface area contributed by atoms with Crippen molar-refractivity contribution in [1.29, 1.82) is 0 Å². The second kappa shape index (κ2) is 5.65. The van der Waals surface area contributed by atoms with Crippen LogP contribution >= 0.6 is 0 Å². The Kier molecular flexibility index (Phi) is 3.34. The van der Waals surface area contributed by atoms with Crippen molar-refractivity contribution in [1.82, 2.24) is 29.4 Å². The maximum absolute atomic E-state index is 5.93. The highest BCUT2D eigenvalue weighted by Gasteiger charge is 2.09. The van der Waals surface area contributed by atoms with Gasteiger partial charge in [-0.3, -0.25) is 9.08 Å². The number of nitrogen functional groups attached to an aromatic ring is 1. The van der Waals surface area contributed by atoms with E-state index >= 15 is 0 Å². The summed E-state index contributed by atoms with van der Waals surface area (Å²) in [7, 11) is 1.65. The SMILES string of the molecule is COc1ccc(Cn2cc(-c3cc4nncn4c(N)n3)cn2)cc1. The number of hydrogen-bond donors (Lipinski definition) is 1. The van der Waals surface area contributed by atoms with Gasteiger partial charge in [0, 0.05) is 17.8 Å². The molecule has 3 heterocycles. The maximum atomic E-state index is 5.93. The van der Waals surface area contributed by atoms with Crippen LogP contribution in [0.4, 0.5) is 5.95 Å². The summed E-state index contributed by atoms with van der Waals surface area (Å²) in [4.78, 5) is 4.38. The summed E-state index contributed by atoms with van der Waals surface area (Å²) in [5, 5.41) is 12.2. The third-order valence-corrected chi connectivity index (χ3v) is 3.75. The summed E-state index contributed by atoms with van der Waals surface area (Å²) in [6.07, 6.45) is 5.23. The van der Waals surface area contributed by atoms with Crippen LogP contribution in [0.3, 0.4) is 0 Å². The minimum absolute atomic E-state index is 0.343. The minimum Gasteiger partial charge on any atom is -0.497 e. The van der Waals surface area contributed by atoms with E-state index in [9.17, 15) is 0 Å². The Morgan fingerprint density at radius 3 is 2.83 bits per heavy atom. The van der Waals surface area contributed by atoms with Crippen LogP contribution in [0.15, 0.2) is 49.1 Å². The molecule has 1 aromatic carbocycles. The lowest BCUT2D eigenvalue weighted by Crippen LogP contribution is -2.01. The lowest BCUT2D eigenvalue weighted by atomic mass is 10.2. The first-order chi connectivity index (χ1) is 11.7. The first-order valence-corrected chi connectivity index (χ1v) is 7.35. The molecule has 120 valence electrons.